The quantitative estimate of drug-likeness (QED) is 0.317. The topological polar surface area (TPSA) is 86.8 Å². The minimum Gasteiger partial charge on any atom is -0.354 e. The van der Waals surface area contributed by atoms with Crippen LogP contribution in [0.1, 0.15) is 36.5 Å². The SMILES string of the molecule is CCCCNC(=O)C(Cc1ccccc1)N(Cc1ccc(F)cc1)C(=O)CN(c1ccc(C)cc1)S(C)(=O)=O. The molecule has 1 N–H and O–H groups in total. The van der Waals surface area contributed by atoms with Crippen molar-refractivity contribution in [2.75, 3.05) is 23.7 Å². The second-order valence-electron chi connectivity index (χ2n) is 9.60. The molecule has 0 radical (unpaired) electrons. The van der Waals surface area contributed by atoms with E-state index < -0.39 is 34.3 Å². The van der Waals surface area contributed by atoms with Gasteiger partial charge in [0.1, 0.15) is 18.4 Å². The van der Waals surface area contributed by atoms with E-state index in [1.54, 1.807) is 36.4 Å². The van der Waals surface area contributed by atoms with Crippen molar-refractivity contribution in [1.29, 1.82) is 0 Å². The number of sulfonamides is 1. The monoisotopic (exact) mass is 553 g/mol. The van der Waals surface area contributed by atoms with Crippen molar-refractivity contribution < 1.29 is 22.4 Å². The molecule has 0 heterocycles. The highest BCUT2D eigenvalue weighted by molar-refractivity contribution is 7.92. The van der Waals surface area contributed by atoms with Crippen LogP contribution in [0.15, 0.2) is 78.9 Å². The average Bonchev–Trinajstić information content (AvgIpc) is 2.91. The largest absolute Gasteiger partial charge is 0.354 e. The van der Waals surface area contributed by atoms with Crippen molar-refractivity contribution in [1.82, 2.24) is 10.2 Å². The summed E-state index contributed by atoms with van der Waals surface area (Å²) >= 11 is 0. The zero-order chi connectivity index (χ0) is 28.4. The molecule has 0 saturated heterocycles. The van der Waals surface area contributed by atoms with Crippen LogP contribution in [-0.4, -0.2) is 50.5 Å². The summed E-state index contributed by atoms with van der Waals surface area (Å²) in [6, 6.07) is 20.9. The second-order valence-corrected chi connectivity index (χ2v) is 11.5. The molecule has 2 amide bonds. The van der Waals surface area contributed by atoms with Crippen LogP contribution < -0.4 is 9.62 Å². The summed E-state index contributed by atoms with van der Waals surface area (Å²) < 4.78 is 40.2. The molecule has 3 aromatic rings. The Morgan fingerprint density at radius 3 is 2.15 bits per heavy atom. The number of amides is 2. The lowest BCUT2D eigenvalue weighted by atomic mass is 10.0. The molecule has 0 bridgehead atoms. The molecule has 0 fully saturated rings. The minimum atomic E-state index is -3.82. The molecule has 7 nitrogen and oxygen atoms in total. The number of aryl methyl sites for hydroxylation is 1. The number of carbonyl (C=O) groups is 2. The van der Waals surface area contributed by atoms with Gasteiger partial charge in [0.25, 0.3) is 0 Å². The third-order valence-corrected chi connectivity index (χ3v) is 7.51. The number of hydrogen-bond donors (Lipinski definition) is 1. The molecule has 3 aromatic carbocycles. The van der Waals surface area contributed by atoms with Gasteiger partial charge < -0.3 is 10.2 Å². The number of nitrogens with one attached hydrogen (secondary N) is 1. The molecule has 3 rings (SSSR count). The Morgan fingerprint density at radius 1 is 0.923 bits per heavy atom. The Morgan fingerprint density at radius 2 is 1.56 bits per heavy atom. The maximum absolute atomic E-state index is 13.9. The van der Waals surface area contributed by atoms with Crippen molar-refractivity contribution in [2.45, 2.75) is 45.7 Å². The molecular weight excluding hydrogens is 517 g/mol. The molecule has 39 heavy (non-hydrogen) atoms. The van der Waals surface area contributed by atoms with Crippen LogP contribution in [0.25, 0.3) is 0 Å². The predicted octanol–water partition coefficient (Wildman–Crippen LogP) is 4.46. The molecular formula is C30H36FN3O4S. The van der Waals surface area contributed by atoms with Crippen LogP contribution >= 0.6 is 0 Å². The Labute approximate surface area is 230 Å². The smallest absolute Gasteiger partial charge is 0.244 e. The molecule has 0 aromatic heterocycles. The molecule has 0 aliphatic heterocycles. The van der Waals surface area contributed by atoms with E-state index in [0.717, 1.165) is 34.5 Å². The fourth-order valence-electron chi connectivity index (χ4n) is 4.17. The third-order valence-electron chi connectivity index (χ3n) is 6.37. The Balaban J connectivity index is 2.01. The van der Waals surface area contributed by atoms with Crippen LogP contribution in [0.3, 0.4) is 0 Å². The maximum Gasteiger partial charge on any atom is 0.244 e. The highest BCUT2D eigenvalue weighted by Gasteiger charge is 2.32. The highest BCUT2D eigenvalue weighted by Crippen LogP contribution is 2.21. The van der Waals surface area contributed by atoms with Gasteiger partial charge in [0.05, 0.1) is 11.9 Å². The summed E-state index contributed by atoms with van der Waals surface area (Å²) in [5.41, 5.74) is 2.77. The zero-order valence-electron chi connectivity index (χ0n) is 22.6. The van der Waals surface area contributed by atoms with Crippen molar-refractivity contribution >= 4 is 27.5 Å². The summed E-state index contributed by atoms with van der Waals surface area (Å²) in [7, 11) is -3.82. The first kappa shape index (κ1) is 29.8. The molecule has 0 aliphatic carbocycles. The van der Waals surface area contributed by atoms with E-state index in [-0.39, 0.29) is 18.9 Å². The Kier molecular flexibility index (Phi) is 10.6. The second kappa shape index (κ2) is 13.9. The van der Waals surface area contributed by atoms with Gasteiger partial charge >= 0.3 is 0 Å². The average molecular weight is 554 g/mol. The van der Waals surface area contributed by atoms with Crippen molar-refractivity contribution in [3.05, 3.63) is 101 Å². The molecule has 1 atom stereocenters. The van der Waals surface area contributed by atoms with E-state index in [1.165, 1.54) is 17.0 Å². The highest BCUT2D eigenvalue weighted by atomic mass is 32.2. The van der Waals surface area contributed by atoms with Crippen molar-refractivity contribution in [3.63, 3.8) is 0 Å². The van der Waals surface area contributed by atoms with E-state index in [0.29, 0.717) is 17.8 Å². The summed E-state index contributed by atoms with van der Waals surface area (Å²) in [6.45, 7) is 3.87. The number of unbranched alkanes of at least 4 members (excludes halogenated alkanes) is 1. The van der Waals surface area contributed by atoms with Crippen molar-refractivity contribution in [3.8, 4) is 0 Å². The fourth-order valence-corrected chi connectivity index (χ4v) is 5.02. The lowest BCUT2D eigenvalue weighted by molar-refractivity contribution is -0.140. The van der Waals surface area contributed by atoms with Gasteiger partial charge in [-0.1, -0.05) is 73.5 Å². The Bertz CT molecular complexity index is 1330. The molecule has 0 spiro atoms. The maximum atomic E-state index is 13.9. The third kappa shape index (κ3) is 8.92. The van der Waals surface area contributed by atoms with Crippen LogP contribution in [0.4, 0.5) is 10.1 Å². The van der Waals surface area contributed by atoms with Crippen molar-refractivity contribution in [2.24, 2.45) is 0 Å². The van der Waals surface area contributed by atoms with Gasteiger partial charge in [-0.2, -0.15) is 0 Å². The molecule has 0 aliphatic rings. The standard InChI is InChI=1S/C30H36FN3O4S/c1-4-5-19-32-30(36)28(20-24-9-7-6-8-10-24)33(21-25-13-15-26(31)16-14-25)29(35)22-34(39(3,37)38)27-17-11-23(2)12-18-27/h6-18,28H,4-5,19-22H2,1-3H3,(H,32,36). The molecule has 9 heteroatoms. The predicted molar refractivity (Wildman–Crippen MR) is 152 cm³/mol. The molecule has 208 valence electrons. The number of nitrogens with zero attached hydrogens (tertiary/aromatic N) is 2. The van der Waals surface area contributed by atoms with Gasteiger partial charge in [0.15, 0.2) is 0 Å². The van der Waals surface area contributed by atoms with Gasteiger partial charge in [0.2, 0.25) is 21.8 Å². The first-order valence-corrected chi connectivity index (χ1v) is 14.8. The first-order valence-electron chi connectivity index (χ1n) is 13.0. The van der Waals surface area contributed by atoms with E-state index in [1.807, 2.05) is 44.2 Å². The van der Waals surface area contributed by atoms with Gasteiger partial charge in [-0.25, -0.2) is 12.8 Å². The fraction of sp³-hybridized carbons (Fsp3) is 0.333. The van der Waals surface area contributed by atoms with Gasteiger partial charge in [-0.3, -0.25) is 13.9 Å². The lowest BCUT2D eigenvalue weighted by Crippen LogP contribution is -2.53. The number of benzene rings is 3. The minimum absolute atomic E-state index is 0.00328. The number of carbonyl (C=O) groups excluding carboxylic acids is 2. The van der Waals surface area contributed by atoms with E-state index in [9.17, 15) is 22.4 Å². The normalized spacial score (nSPS) is 12.0. The lowest BCUT2D eigenvalue weighted by Gasteiger charge is -2.33. The summed E-state index contributed by atoms with van der Waals surface area (Å²) in [5.74, 6) is -1.29. The van der Waals surface area contributed by atoms with Gasteiger partial charge in [-0.15, -0.1) is 0 Å². The molecule has 0 saturated carbocycles. The van der Waals surface area contributed by atoms with Crippen LogP contribution in [0, 0.1) is 12.7 Å². The van der Waals surface area contributed by atoms with Crippen LogP contribution in [0.5, 0.6) is 0 Å². The number of hydrogen-bond acceptors (Lipinski definition) is 4. The Hall–Kier alpha value is -3.72. The summed E-state index contributed by atoms with van der Waals surface area (Å²) in [4.78, 5) is 28.8. The van der Waals surface area contributed by atoms with E-state index >= 15 is 0 Å². The number of anilines is 1. The number of rotatable bonds is 13. The van der Waals surface area contributed by atoms with Crippen LogP contribution in [0.2, 0.25) is 0 Å². The molecule has 1 unspecified atom stereocenters. The number of halogens is 1. The summed E-state index contributed by atoms with van der Waals surface area (Å²) in [6.07, 6.45) is 2.95. The summed E-state index contributed by atoms with van der Waals surface area (Å²) in [5, 5.41) is 2.93. The van der Waals surface area contributed by atoms with Gasteiger partial charge in [0, 0.05) is 19.5 Å². The zero-order valence-corrected chi connectivity index (χ0v) is 23.5. The van der Waals surface area contributed by atoms with E-state index in [2.05, 4.69) is 5.32 Å². The van der Waals surface area contributed by atoms with Gasteiger partial charge in [-0.05, 0) is 48.7 Å². The van der Waals surface area contributed by atoms with E-state index in [4.69, 9.17) is 0 Å². The van der Waals surface area contributed by atoms with Crippen LogP contribution in [-0.2, 0) is 32.6 Å². The first-order chi connectivity index (χ1) is 18.6.